The van der Waals surface area contributed by atoms with Crippen LogP contribution in [0.5, 0.6) is 0 Å². The highest BCUT2D eigenvalue weighted by Gasteiger charge is 2.10. The highest BCUT2D eigenvalue weighted by Crippen LogP contribution is 2.18. The Labute approximate surface area is 73.6 Å². The lowest BCUT2D eigenvalue weighted by molar-refractivity contribution is 0.386. The fourth-order valence-electron chi connectivity index (χ4n) is 0.383. The van der Waals surface area contributed by atoms with Crippen LogP contribution in [0.15, 0.2) is 0 Å². The van der Waals surface area contributed by atoms with E-state index in [9.17, 15) is 4.57 Å². The van der Waals surface area contributed by atoms with Crippen molar-refractivity contribution in [2.24, 2.45) is 0 Å². The number of hydrogen-bond donors (Lipinski definition) is 0. The van der Waals surface area contributed by atoms with Gasteiger partial charge >= 0.3 is 8.03 Å². The Hall–Kier alpha value is -1.26. The average molecular weight is 179 g/mol. The van der Waals surface area contributed by atoms with Crippen molar-refractivity contribution in [3.8, 4) is 36.3 Å². The average Bonchev–Trinajstić information content (AvgIpc) is 2.09. The van der Waals surface area contributed by atoms with Gasteiger partial charge in [-0.05, 0) is 10.5 Å². The van der Waals surface area contributed by atoms with E-state index in [0.717, 1.165) is 0 Å². The zero-order valence-electron chi connectivity index (χ0n) is 6.54. The van der Waals surface area contributed by atoms with Crippen LogP contribution >= 0.6 is 8.03 Å². The Balaban J connectivity index is 3.60. The molecule has 0 aromatic carbocycles. The fourth-order valence-corrected chi connectivity index (χ4v) is 0.881. The molecule has 0 aliphatic carbocycles. The molecule has 0 aliphatic rings. The molecule has 0 N–H and O–H groups in total. The van der Waals surface area contributed by atoms with E-state index in [4.69, 9.17) is 12.8 Å². The van der Waals surface area contributed by atoms with Crippen LogP contribution in [0.4, 0.5) is 0 Å². The van der Waals surface area contributed by atoms with Crippen LogP contribution in [0.2, 0.25) is 0 Å². The van der Waals surface area contributed by atoms with Gasteiger partial charge in [0, 0.05) is 12.8 Å². The number of unbranched alkanes of at least 4 members (excludes halogenated alkanes) is 1. The smallest absolute Gasteiger partial charge is 0.122 e. The normalized spacial score (nSPS) is 8.67. The summed E-state index contributed by atoms with van der Waals surface area (Å²) in [4.78, 5) is 0. The van der Waals surface area contributed by atoms with Crippen molar-refractivity contribution in [2.75, 3.05) is 6.61 Å². The van der Waals surface area contributed by atoms with Crippen LogP contribution in [-0.4, -0.2) is 6.61 Å². The molecule has 0 aromatic heterocycles. The molecule has 0 spiro atoms. The minimum absolute atomic E-state index is 0.0268. The third-order valence-corrected chi connectivity index (χ3v) is 1.53. The Kier molecular flexibility index (Phi) is 7.02. The van der Waals surface area contributed by atoms with Crippen LogP contribution in [-0.2, 0) is 9.09 Å². The van der Waals surface area contributed by atoms with Gasteiger partial charge < -0.3 is 0 Å². The zero-order chi connectivity index (χ0) is 9.23. The monoisotopic (exact) mass is 179 g/mol. The molecule has 0 heterocycles. The van der Waals surface area contributed by atoms with Crippen LogP contribution in [0.25, 0.3) is 0 Å². The summed E-state index contributed by atoms with van der Waals surface area (Å²) in [5, 5.41) is 0. The van der Waals surface area contributed by atoms with Gasteiger partial charge in [-0.15, -0.1) is 23.3 Å². The minimum atomic E-state index is -1.93. The molecule has 1 unspecified atom stereocenters. The van der Waals surface area contributed by atoms with Gasteiger partial charge in [0.1, 0.15) is 0 Å². The molecule has 0 bridgehead atoms. The summed E-state index contributed by atoms with van der Waals surface area (Å²) in [6.45, 7) is 0.0268. The van der Waals surface area contributed by atoms with E-state index >= 15 is 0 Å². The third kappa shape index (κ3) is 6.85. The first-order chi connectivity index (χ1) is 5.81. The maximum atomic E-state index is 10.8. The minimum Gasteiger partial charge on any atom is -0.122 e. The lowest BCUT2D eigenvalue weighted by atomic mass is 10.3. The van der Waals surface area contributed by atoms with E-state index in [1.165, 1.54) is 0 Å². The fraction of sp³-hybridized carbons (Fsp3) is 0.333. The highest BCUT2D eigenvalue weighted by molar-refractivity contribution is 7.45. The molecule has 2 nitrogen and oxygen atoms in total. The van der Waals surface area contributed by atoms with Crippen molar-refractivity contribution in [1.29, 1.82) is 0 Å². The second-order valence-corrected chi connectivity index (χ2v) is 2.72. The second-order valence-electron chi connectivity index (χ2n) is 1.73. The van der Waals surface area contributed by atoms with Crippen LogP contribution in [0, 0.1) is 36.3 Å². The summed E-state index contributed by atoms with van der Waals surface area (Å²) in [6.07, 6.45) is 11.0. The second kappa shape index (κ2) is 7.84. The van der Waals surface area contributed by atoms with E-state index in [2.05, 4.69) is 27.9 Å². The third-order valence-electron chi connectivity index (χ3n) is 0.830. The largest absolute Gasteiger partial charge is 0.604 e. The van der Waals surface area contributed by atoms with Crippen LogP contribution in [0.3, 0.4) is 0 Å². The SMILES string of the molecule is C#CCCC#C[P+](=O)OCC#C. The first kappa shape index (κ1) is 10.7. The molecule has 1 atom stereocenters. The number of terminal acetylenes is 2. The molecule has 0 radical (unpaired) electrons. The predicted molar refractivity (Wildman–Crippen MR) is 48.2 cm³/mol. The maximum Gasteiger partial charge on any atom is 0.604 e. The standard InChI is InChI=1S/C9H8O2P/c1-3-5-6-7-9-12(10)11-8-4-2/h1-2H,5-6,8H2/q+1. The summed E-state index contributed by atoms with van der Waals surface area (Å²) < 4.78 is 15.4. The summed E-state index contributed by atoms with van der Waals surface area (Å²) in [5.74, 6) is 7.23. The maximum absolute atomic E-state index is 10.8. The zero-order valence-corrected chi connectivity index (χ0v) is 7.43. The molecule has 0 rings (SSSR count). The van der Waals surface area contributed by atoms with E-state index in [0.29, 0.717) is 12.8 Å². The Morgan fingerprint density at radius 1 is 1.25 bits per heavy atom. The lowest BCUT2D eigenvalue weighted by Gasteiger charge is -1.74. The van der Waals surface area contributed by atoms with Gasteiger partial charge in [-0.3, -0.25) is 0 Å². The van der Waals surface area contributed by atoms with E-state index in [-0.39, 0.29) is 6.61 Å². The van der Waals surface area contributed by atoms with Crippen molar-refractivity contribution in [3.05, 3.63) is 0 Å². The molecule has 3 heteroatoms. The van der Waals surface area contributed by atoms with Crippen molar-refractivity contribution in [1.82, 2.24) is 0 Å². The van der Waals surface area contributed by atoms with Gasteiger partial charge in [0.25, 0.3) is 0 Å². The van der Waals surface area contributed by atoms with Crippen LogP contribution in [0.1, 0.15) is 12.8 Å². The molecule has 0 amide bonds. The van der Waals surface area contributed by atoms with Crippen LogP contribution < -0.4 is 0 Å². The van der Waals surface area contributed by atoms with Crippen molar-refractivity contribution in [2.45, 2.75) is 12.8 Å². The number of hydrogen-bond acceptors (Lipinski definition) is 2. The van der Waals surface area contributed by atoms with Crippen molar-refractivity contribution < 1.29 is 9.09 Å². The molecule has 0 fully saturated rings. The van der Waals surface area contributed by atoms with Gasteiger partial charge in [0.05, 0.1) is 0 Å². The van der Waals surface area contributed by atoms with Gasteiger partial charge in [-0.1, -0.05) is 5.92 Å². The van der Waals surface area contributed by atoms with Crippen molar-refractivity contribution >= 4 is 8.03 Å². The van der Waals surface area contributed by atoms with Gasteiger partial charge in [0.15, 0.2) is 6.61 Å². The summed E-state index contributed by atoms with van der Waals surface area (Å²) in [6, 6.07) is 0. The Morgan fingerprint density at radius 2 is 2.00 bits per heavy atom. The van der Waals surface area contributed by atoms with Gasteiger partial charge in [-0.25, -0.2) is 0 Å². The molecule has 0 aliphatic heterocycles. The molecular formula is C9H8O2P+. The predicted octanol–water partition coefficient (Wildman–Crippen LogP) is 1.75. The molecular weight excluding hydrogens is 171 g/mol. The first-order valence-corrected chi connectivity index (χ1v) is 4.44. The summed E-state index contributed by atoms with van der Waals surface area (Å²) in [5.41, 5.74) is 2.40. The quantitative estimate of drug-likeness (QED) is 0.375. The van der Waals surface area contributed by atoms with E-state index < -0.39 is 8.03 Å². The summed E-state index contributed by atoms with van der Waals surface area (Å²) in [7, 11) is -1.93. The number of rotatable bonds is 3. The summed E-state index contributed by atoms with van der Waals surface area (Å²) >= 11 is 0. The van der Waals surface area contributed by atoms with E-state index in [1.54, 1.807) is 0 Å². The molecule has 60 valence electrons. The van der Waals surface area contributed by atoms with Gasteiger partial charge in [0.2, 0.25) is 5.66 Å². The van der Waals surface area contributed by atoms with Gasteiger partial charge in [-0.2, -0.15) is 0 Å². The lowest BCUT2D eigenvalue weighted by Crippen LogP contribution is -1.77. The van der Waals surface area contributed by atoms with Crippen molar-refractivity contribution in [3.63, 3.8) is 0 Å². The first-order valence-electron chi connectivity index (χ1n) is 3.27. The molecule has 0 aromatic rings. The molecule has 12 heavy (non-hydrogen) atoms. The Morgan fingerprint density at radius 3 is 2.58 bits per heavy atom. The van der Waals surface area contributed by atoms with E-state index in [1.807, 2.05) is 0 Å². The topological polar surface area (TPSA) is 26.3 Å². The Bertz CT molecular complexity index is 282. The molecule has 0 saturated heterocycles. The highest BCUT2D eigenvalue weighted by atomic mass is 31.1. The molecule has 0 saturated carbocycles.